The highest BCUT2D eigenvalue weighted by molar-refractivity contribution is 7.15. The van der Waals surface area contributed by atoms with Crippen LogP contribution in [0, 0.1) is 38.9 Å². The van der Waals surface area contributed by atoms with Crippen molar-refractivity contribution in [3.8, 4) is 26.6 Å². The zero-order valence-electron chi connectivity index (χ0n) is 38.5. The minimum Gasteiger partial charge on any atom is -0.469 e. The average molecular weight is 929 g/mol. The molecule has 0 aliphatic carbocycles. The number of benzene rings is 3. The zero-order chi connectivity index (χ0) is 47.2. The minimum absolute atomic E-state index is 0.0387. The maximum Gasteiger partial charge on any atom is 0.308 e. The van der Waals surface area contributed by atoms with E-state index in [1.165, 1.54) is 13.2 Å². The predicted octanol–water partition coefficient (Wildman–Crippen LogP) is 8.96. The third-order valence-corrected chi connectivity index (χ3v) is 14.7. The SMILES string of the molecule is COC(=O)C[C@@H]1N=C(c2ccc(-c3cccc(C(=O)NC(C(=O)N4CCC[C@H]4C(=O)N[C@@H](C)c4ccc(-c5scnc5C)cc4)C(C)(C)C)c3F)cc2)c2c(sc(C)c2C)-n2c(C)nnc21. The van der Waals surface area contributed by atoms with E-state index in [1.807, 2.05) is 102 Å². The molecule has 5 heterocycles. The van der Waals surface area contributed by atoms with Gasteiger partial charge in [0.2, 0.25) is 11.8 Å². The van der Waals surface area contributed by atoms with Crippen LogP contribution in [-0.4, -0.2) is 79.8 Å². The highest BCUT2D eigenvalue weighted by atomic mass is 32.1. The lowest BCUT2D eigenvalue weighted by molar-refractivity contribution is -0.142. The number of aliphatic imine (C=N–C) groups is 1. The number of fused-ring (bicyclic) bond motifs is 3. The van der Waals surface area contributed by atoms with Crippen LogP contribution >= 0.6 is 22.7 Å². The number of nitrogens with one attached hydrogen (secondary N) is 2. The van der Waals surface area contributed by atoms with Crippen LogP contribution in [0.5, 0.6) is 0 Å². The Morgan fingerprint density at radius 3 is 2.29 bits per heavy atom. The van der Waals surface area contributed by atoms with Gasteiger partial charge >= 0.3 is 5.97 Å². The van der Waals surface area contributed by atoms with Crippen molar-refractivity contribution in [2.24, 2.45) is 10.4 Å². The Hall–Kier alpha value is -6.39. The van der Waals surface area contributed by atoms with Crippen molar-refractivity contribution in [3.63, 3.8) is 0 Å². The fourth-order valence-electron chi connectivity index (χ4n) is 8.73. The van der Waals surface area contributed by atoms with Crippen LogP contribution in [0.4, 0.5) is 4.39 Å². The molecule has 1 saturated heterocycles. The summed E-state index contributed by atoms with van der Waals surface area (Å²) in [6.07, 6.45) is 1.06. The van der Waals surface area contributed by atoms with Gasteiger partial charge in [0, 0.05) is 28.1 Å². The van der Waals surface area contributed by atoms with Crippen molar-refractivity contribution in [3.05, 3.63) is 128 Å². The second-order valence-corrected chi connectivity index (χ2v) is 20.1. The number of rotatable bonds is 11. The van der Waals surface area contributed by atoms with E-state index < -0.39 is 47.1 Å². The van der Waals surface area contributed by atoms with Gasteiger partial charge < -0.3 is 20.3 Å². The summed E-state index contributed by atoms with van der Waals surface area (Å²) >= 11 is 3.18. The van der Waals surface area contributed by atoms with Crippen LogP contribution in [0.15, 0.2) is 77.2 Å². The molecule has 8 rings (SSSR count). The van der Waals surface area contributed by atoms with E-state index in [-0.39, 0.29) is 29.5 Å². The standard InChI is InChI=1S/C50H53FN8O5S2/c1-26-29(4)66-49-40(26)42(54-37(24-39(60)64-9)45-57-56-30(5)59(45)49)33-19-17-32(18-20-33)35-12-10-13-36(41(35)51)46(61)55-44(50(6,7)8)48(63)58-23-11-14-38(58)47(62)53-27(2)31-15-21-34(22-16-31)43-28(3)52-25-65-43/h10,12-13,15-22,25,27,37-38,44H,11,14,23-24H2,1-9H3,(H,53,62)(H,55,61)/t27-,37-,38-,44?/m0/s1. The molecule has 0 spiro atoms. The molecular formula is C50H53FN8O5S2. The number of halogens is 1. The number of thiazole rings is 1. The lowest BCUT2D eigenvalue weighted by Crippen LogP contribution is -2.57. The van der Waals surface area contributed by atoms with Crippen molar-refractivity contribution in [2.75, 3.05) is 13.7 Å². The highest BCUT2D eigenvalue weighted by Crippen LogP contribution is 2.40. The van der Waals surface area contributed by atoms with Crippen molar-refractivity contribution < 1.29 is 28.3 Å². The van der Waals surface area contributed by atoms with Gasteiger partial charge in [-0.25, -0.2) is 9.37 Å². The van der Waals surface area contributed by atoms with Gasteiger partial charge in [-0.1, -0.05) is 81.4 Å². The molecule has 3 amide bonds. The second-order valence-electron chi connectivity index (χ2n) is 18.0. The van der Waals surface area contributed by atoms with E-state index in [4.69, 9.17) is 9.73 Å². The smallest absolute Gasteiger partial charge is 0.308 e. The van der Waals surface area contributed by atoms with Crippen LogP contribution in [0.3, 0.4) is 0 Å². The summed E-state index contributed by atoms with van der Waals surface area (Å²) in [4.78, 5) is 68.1. The Morgan fingerprint density at radius 1 is 0.924 bits per heavy atom. The zero-order valence-corrected chi connectivity index (χ0v) is 40.1. The molecule has 342 valence electrons. The maximum atomic E-state index is 16.6. The number of methoxy groups -OCH3 is 1. The highest BCUT2D eigenvalue weighted by Gasteiger charge is 2.42. The quantitative estimate of drug-likeness (QED) is 0.122. The number of esters is 1. The number of aromatic nitrogens is 4. The molecular weight excluding hydrogens is 876 g/mol. The number of nitrogens with zero attached hydrogens (tertiary/aromatic N) is 6. The number of ether oxygens (including phenoxy) is 1. The lowest BCUT2D eigenvalue weighted by atomic mass is 9.85. The minimum atomic E-state index is -1.06. The number of carbonyl (C=O) groups is 4. The molecule has 2 N–H and O–H groups in total. The van der Waals surface area contributed by atoms with Gasteiger partial charge in [0.15, 0.2) is 5.82 Å². The third-order valence-electron chi connectivity index (χ3n) is 12.5. The van der Waals surface area contributed by atoms with Crippen LogP contribution < -0.4 is 10.6 Å². The molecule has 0 saturated carbocycles. The van der Waals surface area contributed by atoms with Crippen molar-refractivity contribution in [2.45, 2.75) is 98.8 Å². The summed E-state index contributed by atoms with van der Waals surface area (Å²) in [6.45, 7) is 15.7. The molecule has 3 aromatic carbocycles. The number of hydrogen-bond acceptors (Lipinski definition) is 11. The predicted molar refractivity (Wildman–Crippen MR) is 255 cm³/mol. The van der Waals surface area contributed by atoms with Gasteiger partial charge in [0.05, 0.1) is 46.9 Å². The Labute approximate surface area is 391 Å². The first kappa shape index (κ1) is 46.2. The first-order valence-corrected chi connectivity index (χ1v) is 23.6. The summed E-state index contributed by atoms with van der Waals surface area (Å²) < 4.78 is 23.6. The molecule has 6 aromatic rings. The number of carbonyl (C=O) groups excluding carboxylic acids is 4. The molecule has 4 atom stereocenters. The van der Waals surface area contributed by atoms with Gasteiger partial charge in [-0.3, -0.25) is 28.7 Å². The van der Waals surface area contributed by atoms with Crippen LogP contribution in [0.1, 0.15) is 114 Å². The van der Waals surface area contributed by atoms with Gasteiger partial charge in [0.1, 0.15) is 34.8 Å². The van der Waals surface area contributed by atoms with Gasteiger partial charge in [-0.2, -0.15) is 0 Å². The molecule has 0 bridgehead atoms. The van der Waals surface area contributed by atoms with Gasteiger partial charge in [-0.05, 0) is 81.2 Å². The molecule has 2 aliphatic heterocycles. The van der Waals surface area contributed by atoms with E-state index >= 15 is 4.39 Å². The molecule has 16 heteroatoms. The van der Waals surface area contributed by atoms with E-state index in [2.05, 4.69) is 25.8 Å². The van der Waals surface area contributed by atoms with Crippen molar-refractivity contribution in [1.82, 2.24) is 35.3 Å². The maximum absolute atomic E-state index is 16.6. The van der Waals surface area contributed by atoms with E-state index in [0.717, 1.165) is 48.3 Å². The fraction of sp³-hybridized carbons (Fsp3) is 0.360. The number of hydrogen-bond donors (Lipinski definition) is 2. The summed E-state index contributed by atoms with van der Waals surface area (Å²) in [5.74, 6) is -1.38. The average Bonchev–Trinajstić information content (AvgIpc) is 4.09. The Bertz CT molecular complexity index is 2880. The monoisotopic (exact) mass is 928 g/mol. The third kappa shape index (κ3) is 8.83. The first-order valence-electron chi connectivity index (χ1n) is 22.0. The molecule has 2 aliphatic rings. The second kappa shape index (κ2) is 18.5. The summed E-state index contributed by atoms with van der Waals surface area (Å²) in [7, 11) is 1.34. The summed E-state index contributed by atoms with van der Waals surface area (Å²) in [5, 5.41) is 15.6. The van der Waals surface area contributed by atoms with E-state index in [1.54, 1.807) is 51.8 Å². The number of likely N-dealkylation sites (tertiary alicyclic amines) is 1. The van der Waals surface area contributed by atoms with Crippen LogP contribution in [0.25, 0.3) is 26.6 Å². The molecule has 3 aromatic heterocycles. The van der Waals surface area contributed by atoms with Crippen LogP contribution in [-0.2, 0) is 19.1 Å². The Morgan fingerprint density at radius 2 is 1.62 bits per heavy atom. The summed E-state index contributed by atoms with van der Waals surface area (Å²) in [5.41, 5.74) is 7.82. The molecule has 13 nitrogen and oxygen atoms in total. The van der Waals surface area contributed by atoms with E-state index in [0.29, 0.717) is 42.3 Å². The topological polar surface area (TPSA) is 161 Å². The normalized spacial score (nSPS) is 16.7. The van der Waals surface area contributed by atoms with Gasteiger partial charge in [0.25, 0.3) is 5.91 Å². The first-order chi connectivity index (χ1) is 31.5. The number of thiophene rings is 1. The number of amides is 3. The van der Waals surface area contributed by atoms with E-state index in [9.17, 15) is 19.2 Å². The number of aryl methyl sites for hydroxylation is 3. The Kier molecular flexibility index (Phi) is 12.9. The Balaban J connectivity index is 1.00. The molecule has 0 radical (unpaired) electrons. The molecule has 66 heavy (non-hydrogen) atoms. The lowest BCUT2D eigenvalue weighted by Gasteiger charge is -2.35. The largest absolute Gasteiger partial charge is 0.469 e. The van der Waals surface area contributed by atoms with Crippen molar-refractivity contribution in [1.29, 1.82) is 0 Å². The molecule has 1 unspecified atom stereocenters. The fourth-order valence-corrected chi connectivity index (χ4v) is 10.8. The van der Waals surface area contributed by atoms with Crippen LogP contribution in [0.2, 0.25) is 0 Å². The van der Waals surface area contributed by atoms with Crippen molar-refractivity contribution >= 4 is 52.1 Å². The summed E-state index contributed by atoms with van der Waals surface area (Å²) in [6, 6.07) is 17.1. The van der Waals surface area contributed by atoms with Gasteiger partial charge in [-0.15, -0.1) is 32.9 Å². The molecule has 1 fully saturated rings.